The van der Waals surface area contributed by atoms with E-state index in [0.29, 0.717) is 17.9 Å². The van der Waals surface area contributed by atoms with Crippen molar-refractivity contribution in [1.29, 1.82) is 0 Å². The molecule has 0 bridgehead atoms. The van der Waals surface area contributed by atoms with Crippen molar-refractivity contribution in [3.63, 3.8) is 0 Å². The molecule has 0 aromatic heterocycles. The normalized spacial score (nSPS) is 10.9. The highest BCUT2D eigenvalue weighted by molar-refractivity contribution is 5.79. The minimum atomic E-state index is -0.571. The number of hydrogen-bond donors (Lipinski definition) is 3. The summed E-state index contributed by atoms with van der Waals surface area (Å²) in [7, 11) is 0. The lowest BCUT2D eigenvalue weighted by atomic mass is 10.1. The van der Waals surface area contributed by atoms with Crippen LogP contribution >= 0.6 is 0 Å². The molecule has 7 nitrogen and oxygen atoms in total. The number of phenols is 1. The average molecular weight is 400 g/mol. The van der Waals surface area contributed by atoms with Crippen molar-refractivity contribution in [2.75, 3.05) is 13.1 Å². The summed E-state index contributed by atoms with van der Waals surface area (Å²) in [6.45, 7) is 6.21. The van der Waals surface area contributed by atoms with E-state index >= 15 is 0 Å². The van der Waals surface area contributed by atoms with E-state index in [-0.39, 0.29) is 31.2 Å². The monoisotopic (exact) mass is 400 g/mol. The van der Waals surface area contributed by atoms with Crippen molar-refractivity contribution >= 4 is 12.0 Å². The Balaban J connectivity index is 1.83. The molecule has 0 heterocycles. The lowest BCUT2D eigenvalue weighted by molar-refractivity contribution is -0.120. The van der Waals surface area contributed by atoms with E-state index in [9.17, 15) is 14.7 Å². The fourth-order valence-electron chi connectivity index (χ4n) is 2.50. The van der Waals surface area contributed by atoms with Crippen LogP contribution in [0.15, 0.2) is 48.5 Å². The number of benzene rings is 2. The second kappa shape index (κ2) is 10.4. The zero-order valence-corrected chi connectivity index (χ0v) is 17.0. The van der Waals surface area contributed by atoms with Gasteiger partial charge >= 0.3 is 6.09 Å². The van der Waals surface area contributed by atoms with E-state index in [4.69, 9.17) is 9.47 Å². The molecule has 0 aliphatic rings. The molecule has 0 spiro atoms. The third-order valence-electron chi connectivity index (χ3n) is 3.75. The molecule has 2 rings (SSSR count). The number of rotatable bonds is 8. The van der Waals surface area contributed by atoms with Crippen LogP contribution in [0.4, 0.5) is 4.79 Å². The maximum absolute atomic E-state index is 12.2. The lowest BCUT2D eigenvalue weighted by Crippen LogP contribution is -2.38. The van der Waals surface area contributed by atoms with E-state index < -0.39 is 11.7 Å². The highest BCUT2D eigenvalue weighted by Crippen LogP contribution is 2.25. The SMILES string of the molecule is CC(C)(C)OC(=O)NCCNC(=O)Cc1cc(O)ccc1OCc1ccccc1. The van der Waals surface area contributed by atoms with Crippen LogP contribution < -0.4 is 15.4 Å². The number of hydrogen-bond acceptors (Lipinski definition) is 5. The first-order valence-corrected chi connectivity index (χ1v) is 9.45. The highest BCUT2D eigenvalue weighted by atomic mass is 16.6. The number of amides is 2. The van der Waals surface area contributed by atoms with Crippen LogP contribution in [0, 0.1) is 0 Å². The molecule has 0 unspecified atom stereocenters. The van der Waals surface area contributed by atoms with Crippen LogP contribution in [0.25, 0.3) is 0 Å². The zero-order chi connectivity index (χ0) is 21.3. The molecule has 0 fully saturated rings. The van der Waals surface area contributed by atoms with E-state index in [2.05, 4.69) is 10.6 Å². The summed E-state index contributed by atoms with van der Waals surface area (Å²) in [6.07, 6.45) is -0.485. The van der Waals surface area contributed by atoms with Crippen molar-refractivity contribution in [2.45, 2.75) is 39.4 Å². The van der Waals surface area contributed by atoms with Gasteiger partial charge in [-0.15, -0.1) is 0 Å². The van der Waals surface area contributed by atoms with Gasteiger partial charge < -0.3 is 25.2 Å². The van der Waals surface area contributed by atoms with Crippen LogP contribution in [0.5, 0.6) is 11.5 Å². The Morgan fingerprint density at radius 3 is 2.38 bits per heavy atom. The van der Waals surface area contributed by atoms with Crippen molar-refractivity contribution in [2.24, 2.45) is 0 Å². The van der Waals surface area contributed by atoms with Gasteiger partial charge in [-0.3, -0.25) is 4.79 Å². The number of carbonyl (C=O) groups excluding carboxylic acids is 2. The van der Waals surface area contributed by atoms with E-state index in [0.717, 1.165) is 5.56 Å². The Kier molecular flexibility index (Phi) is 7.88. The van der Waals surface area contributed by atoms with Gasteiger partial charge in [0.05, 0.1) is 6.42 Å². The molecule has 2 aromatic carbocycles. The van der Waals surface area contributed by atoms with Crippen LogP contribution in [0.1, 0.15) is 31.9 Å². The topological polar surface area (TPSA) is 96.9 Å². The van der Waals surface area contributed by atoms with Gasteiger partial charge in [0.25, 0.3) is 0 Å². The summed E-state index contributed by atoms with van der Waals surface area (Å²) in [5.41, 5.74) is 1.02. The predicted molar refractivity (Wildman–Crippen MR) is 110 cm³/mol. The number of phenolic OH excluding ortho intramolecular Hbond substituents is 1. The molecular weight excluding hydrogens is 372 g/mol. The first-order chi connectivity index (χ1) is 13.7. The number of ether oxygens (including phenoxy) is 2. The number of carbonyl (C=O) groups is 2. The minimum Gasteiger partial charge on any atom is -0.508 e. The van der Waals surface area contributed by atoms with Crippen molar-refractivity contribution < 1.29 is 24.2 Å². The molecule has 3 N–H and O–H groups in total. The van der Waals surface area contributed by atoms with Gasteiger partial charge in [-0.25, -0.2) is 4.79 Å². The summed E-state index contributed by atoms with van der Waals surface area (Å²) < 4.78 is 10.9. The standard InChI is InChI=1S/C22H28N2O5/c1-22(2,3)29-21(27)24-12-11-23-20(26)14-17-13-18(25)9-10-19(17)28-15-16-7-5-4-6-8-16/h4-10,13,25H,11-12,14-15H2,1-3H3,(H,23,26)(H,24,27). The Hall–Kier alpha value is -3.22. The first-order valence-electron chi connectivity index (χ1n) is 9.45. The van der Waals surface area contributed by atoms with Gasteiger partial charge in [0.1, 0.15) is 23.7 Å². The first kappa shape index (κ1) is 22.1. The summed E-state index contributed by atoms with van der Waals surface area (Å²) >= 11 is 0. The van der Waals surface area contributed by atoms with Crippen LogP contribution in [0.3, 0.4) is 0 Å². The molecule has 7 heteroatoms. The van der Waals surface area contributed by atoms with Gasteiger partial charge in [-0.05, 0) is 44.5 Å². The number of aromatic hydroxyl groups is 1. The molecule has 0 aliphatic carbocycles. The second-order valence-electron chi connectivity index (χ2n) is 7.52. The van der Waals surface area contributed by atoms with Gasteiger partial charge in [-0.2, -0.15) is 0 Å². The Bertz CT molecular complexity index is 816. The summed E-state index contributed by atoms with van der Waals surface area (Å²) in [5.74, 6) is 0.353. The number of nitrogens with one attached hydrogen (secondary N) is 2. The third kappa shape index (κ3) is 8.55. The molecule has 0 aliphatic heterocycles. The second-order valence-corrected chi connectivity index (χ2v) is 7.52. The summed E-state index contributed by atoms with van der Waals surface area (Å²) in [4.78, 5) is 23.8. The highest BCUT2D eigenvalue weighted by Gasteiger charge is 2.15. The fourth-order valence-corrected chi connectivity index (χ4v) is 2.50. The molecule has 2 amide bonds. The Morgan fingerprint density at radius 1 is 1.00 bits per heavy atom. The Labute approximate surface area is 171 Å². The molecular formula is C22H28N2O5. The van der Waals surface area contributed by atoms with Crippen LogP contribution in [0.2, 0.25) is 0 Å². The van der Waals surface area contributed by atoms with Crippen LogP contribution in [-0.4, -0.2) is 35.8 Å². The van der Waals surface area contributed by atoms with Crippen molar-refractivity contribution in [3.05, 3.63) is 59.7 Å². The predicted octanol–water partition coefficient (Wildman–Crippen LogP) is 3.15. The van der Waals surface area contributed by atoms with E-state index in [1.807, 2.05) is 30.3 Å². The van der Waals surface area contributed by atoms with Crippen molar-refractivity contribution in [3.8, 4) is 11.5 Å². The largest absolute Gasteiger partial charge is 0.508 e. The maximum atomic E-state index is 12.2. The summed E-state index contributed by atoms with van der Waals surface area (Å²) in [6, 6.07) is 14.4. The molecule has 2 aromatic rings. The van der Waals surface area contributed by atoms with Gasteiger partial charge in [-0.1, -0.05) is 30.3 Å². The van der Waals surface area contributed by atoms with Gasteiger partial charge in [0.2, 0.25) is 5.91 Å². The molecule has 29 heavy (non-hydrogen) atoms. The zero-order valence-electron chi connectivity index (χ0n) is 17.0. The molecule has 0 saturated carbocycles. The quantitative estimate of drug-likeness (QED) is 0.592. The van der Waals surface area contributed by atoms with E-state index in [1.165, 1.54) is 12.1 Å². The summed E-state index contributed by atoms with van der Waals surface area (Å²) in [5, 5.41) is 15.1. The van der Waals surface area contributed by atoms with Gasteiger partial charge in [0.15, 0.2) is 0 Å². The number of alkyl carbamates (subject to hydrolysis) is 1. The van der Waals surface area contributed by atoms with E-state index in [1.54, 1.807) is 26.8 Å². The smallest absolute Gasteiger partial charge is 0.407 e. The fraction of sp³-hybridized carbons (Fsp3) is 0.364. The Morgan fingerprint density at radius 2 is 1.69 bits per heavy atom. The molecule has 0 radical (unpaired) electrons. The third-order valence-corrected chi connectivity index (χ3v) is 3.75. The molecule has 0 saturated heterocycles. The molecule has 0 atom stereocenters. The van der Waals surface area contributed by atoms with Crippen molar-refractivity contribution in [1.82, 2.24) is 10.6 Å². The van der Waals surface area contributed by atoms with Crippen LogP contribution in [-0.2, 0) is 22.6 Å². The van der Waals surface area contributed by atoms with Gasteiger partial charge in [0, 0.05) is 18.7 Å². The molecule has 156 valence electrons. The maximum Gasteiger partial charge on any atom is 0.407 e. The lowest BCUT2D eigenvalue weighted by Gasteiger charge is -2.19. The average Bonchev–Trinajstić information content (AvgIpc) is 2.64. The minimum absolute atomic E-state index is 0.0466.